The van der Waals surface area contributed by atoms with Crippen molar-refractivity contribution < 1.29 is 8.42 Å². The summed E-state index contributed by atoms with van der Waals surface area (Å²) in [5, 5.41) is 0. The molecule has 0 unspecified atom stereocenters. The van der Waals surface area contributed by atoms with Crippen molar-refractivity contribution in [2.45, 2.75) is 23.8 Å². The molecule has 0 amide bonds. The van der Waals surface area contributed by atoms with Gasteiger partial charge >= 0.3 is 0 Å². The molecule has 3 nitrogen and oxygen atoms in total. The summed E-state index contributed by atoms with van der Waals surface area (Å²) in [6.45, 7) is 0.578. The first kappa shape index (κ1) is 11.9. The highest BCUT2D eigenvalue weighted by molar-refractivity contribution is 7.89. The lowest BCUT2D eigenvalue weighted by Crippen LogP contribution is -2.36. The summed E-state index contributed by atoms with van der Waals surface area (Å²) >= 11 is 5.79. The zero-order chi connectivity index (χ0) is 11.6. The number of halogens is 1. The van der Waals surface area contributed by atoms with Crippen LogP contribution in [0.3, 0.4) is 0 Å². The van der Waals surface area contributed by atoms with E-state index in [4.69, 9.17) is 11.6 Å². The number of hydrogen-bond acceptors (Lipinski definition) is 2. The Morgan fingerprint density at radius 3 is 2.62 bits per heavy atom. The fraction of sp³-hybridized carbons (Fsp3) is 0.455. The first-order valence-corrected chi connectivity index (χ1v) is 7.26. The van der Waals surface area contributed by atoms with Crippen molar-refractivity contribution in [2.24, 2.45) is 0 Å². The molecule has 16 heavy (non-hydrogen) atoms. The minimum Gasteiger partial charge on any atom is -0.207 e. The fourth-order valence-corrected chi connectivity index (χ4v) is 4.12. The van der Waals surface area contributed by atoms with Crippen LogP contribution < -0.4 is 0 Å². The van der Waals surface area contributed by atoms with E-state index in [2.05, 4.69) is 0 Å². The Balaban J connectivity index is 2.33. The van der Waals surface area contributed by atoms with E-state index in [0.717, 1.165) is 12.8 Å². The number of sulfonamides is 1. The fourth-order valence-electron chi connectivity index (χ4n) is 2.01. The average Bonchev–Trinajstić information content (AvgIpc) is 2.79. The van der Waals surface area contributed by atoms with Crippen molar-refractivity contribution in [3.63, 3.8) is 0 Å². The zero-order valence-corrected chi connectivity index (χ0v) is 10.4. The molecule has 88 valence electrons. The highest BCUT2D eigenvalue weighted by Gasteiger charge is 2.34. The molecule has 1 aliphatic rings. The molecule has 1 aromatic rings. The Labute approximate surface area is 101 Å². The monoisotopic (exact) mass is 259 g/mol. The van der Waals surface area contributed by atoms with Gasteiger partial charge in [-0.05, 0) is 25.0 Å². The molecule has 2 rings (SSSR count). The molecule has 0 N–H and O–H groups in total. The summed E-state index contributed by atoms with van der Waals surface area (Å²) in [6.07, 6.45) is 1.75. The van der Waals surface area contributed by atoms with Crippen molar-refractivity contribution in [1.29, 1.82) is 0 Å². The van der Waals surface area contributed by atoms with Crippen molar-refractivity contribution in [1.82, 2.24) is 4.31 Å². The molecule has 0 radical (unpaired) electrons. The second-order valence-electron chi connectivity index (χ2n) is 3.88. The van der Waals surface area contributed by atoms with Crippen LogP contribution in [0, 0.1) is 0 Å². The quantitative estimate of drug-likeness (QED) is 0.780. The van der Waals surface area contributed by atoms with E-state index < -0.39 is 10.0 Å². The first-order valence-electron chi connectivity index (χ1n) is 5.29. The van der Waals surface area contributed by atoms with E-state index in [1.807, 2.05) is 6.07 Å². The van der Waals surface area contributed by atoms with Crippen LogP contribution in [-0.4, -0.2) is 31.2 Å². The lowest BCUT2D eigenvalue weighted by molar-refractivity contribution is 0.411. The Bertz CT molecular complexity index is 446. The summed E-state index contributed by atoms with van der Waals surface area (Å²) in [6, 6.07) is 8.48. The summed E-state index contributed by atoms with van der Waals surface area (Å²) in [5.41, 5.74) is 0. The van der Waals surface area contributed by atoms with Crippen LogP contribution in [0.4, 0.5) is 0 Å². The second kappa shape index (κ2) is 4.73. The Morgan fingerprint density at radius 1 is 1.31 bits per heavy atom. The average molecular weight is 260 g/mol. The van der Waals surface area contributed by atoms with E-state index in [1.54, 1.807) is 24.3 Å². The molecule has 1 saturated heterocycles. The number of nitrogens with zero attached hydrogens (tertiary/aromatic N) is 1. The largest absolute Gasteiger partial charge is 0.243 e. The molecule has 1 aromatic carbocycles. The van der Waals surface area contributed by atoms with Gasteiger partial charge in [0, 0.05) is 18.5 Å². The van der Waals surface area contributed by atoms with Crippen LogP contribution in [0.5, 0.6) is 0 Å². The van der Waals surface area contributed by atoms with Crippen molar-refractivity contribution >= 4 is 21.6 Å². The molecule has 1 aliphatic heterocycles. The van der Waals surface area contributed by atoms with Gasteiger partial charge in [0.05, 0.1) is 4.90 Å². The number of rotatable bonds is 3. The zero-order valence-electron chi connectivity index (χ0n) is 8.84. The minimum atomic E-state index is -3.35. The molecule has 1 atom stereocenters. The third-order valence-electron chi connectivity index (χ3n) is 2.85. The molecule has 0 saturated carbocycles. The van der Waals surface area contributed by atoms with Gasteiger partial charge in [-0.15, -0.1) is 11.6 Å². The van der Waals surface area contributed by atoms with Crippen LogP contribution in [-0.2, 0) is 10.0 Å². The molecular formula is C11H14ClNO2S. The van der Waals surface area contributed by atoms with Crippen LogP contribution >= 0.6 is 11.6 Å². The topological polar surface area (TPSA) is 37.4 Å². The number of hydrogen-bond donors (Lipinski definition) is 0. The summed E-state index contributed by atoms with van der Waals surface area (Å²) in [5.74, 6) is 0.367. The maximum Gasteiger partial charge on any atom is 0.243 e. The van der Waals surface area contributed by atoms with Crippen molar-refractivity contribution in [3.05, 3.63) is 30.3 Å². The van der Waals surface area contributed by atoms with Gasteiger partial charge in [-0.2, -0.15) is 4.31 Å². The molecule has 0 aliphatic carbocycles. The third-order valence-corrected chi connectivity index (χ3v) is 5.17. The predicted octanol–water partition coefficient (Wildman–Crippen LogP) is 2.08. The maximum atomic E-state index is 12.3. The highest BCUT2D eigenvalue weighted by Crippen LogP contribution is 2.26. The van der Waals surface area contributed by atoms with Gasteiger partial charge in [-0.1, -0.05) is 18.2 Å². The predicted molar refractivity (Wildman–Crippen MR) is 64.1 cm³/mol. The number of benzene rings is 1. The van der Waals surface area contributed by atoms with Gasteiger partial charge in [0.15, 0.2) is 0 Å². The molecule has 0 aromatic heterocycles. The van der Waals surface area contributed by atoms with Gasteiger partial charge in [-0.25, -0.2) is 8.42 Å². The van der Waals surface area contributed by atoms with Gasteiger partial charge in [0.25, 0.3) is 0 Å². The van der Waals surface area contributed by atoms with Crippen molar-refractivity contribution in [2.75, 3.05) is 12.4 Å². The molecule has 1 fully saturated rings. The number of alkyl halides is 1. The summed E-state index contributed by atoms with van der Waals surface area (Å²) in [7, 11) is -3.35. The van der Waals surface area contributed by atoms with E-state index in [-0.39, 0.29) is 6.04 Å². The Hall–Kier alpha value is -0.580. The normalized spacial score (nSPS) is 22.4. The second-order valence-corrected chi connectivity index (χ2v) is 6.08. The van der Waals surface area contributed by atoms with E-state index in [0.29, 0.717) is 17.3 Å². The lowest BCUT2D eigenvalue weighted by atomic mass is 10.3. The molecule has 5 heteroatoms. The molecule has 1 heterocycles. The van der Waals surface area contributed by atoms with Crippen LogP contribution in [0.1, 0.15) is 12.8 Å². The molecule has 0 spiro atoms. The highest BCUT2D eigenvalue weighted by atomic mass is 35.5. The van der Waals surface area contributed by atoms with E-state index in [9.17, 15) is 8.42 Å². The third kappa shape index (κ3) is 2.10. The van der Waals surface area contributed by atoms with Gasteiger partial charge in [-0.3, -0.25) is 0 Å². The van der Waals surface area contributed by atoms with E-state index >= 15 is 0 Å². The summed E-state index contributed by atoms with van der Waals surface area (Å²) < 4.78 is 26.1. The van der Waals surface area contributed by atoms with Gasteiger partial charge in [0.1, 0.15) is 0 Å². The Kier molecular flexibility index (Phi) is 3.52. The molecule has 0 bridgehead atoms. The van der Waals surface area contributed by atoms with E-state index in [1.165, 1.54) is 4.31 Å². The SMILES string of the molecule is O=S(=O)(c1ccccc1)N1CCC[C@H]1CCl. The minimum absolute atomic E-state index is 0.0492. The van der Waals surface area contributed by atoms with Gasteiger partial charge < -0.3 is 0 Å². The van der Waals surface area contributed by atoms with Crippen molar-refractivity contribution in [3.8, 4) is 0 Å². The van der Waals surface area contributed by atoms with Crippen LogP contribution in [0.2, 0.25) is 0 Å². The molecular weight excluding hydrogens is 246 g/mol. The standard InChI is InChI=1S/C11H14ClNO2S/c12-9-10-5-4-8-13(10)16(14,15)11-6-2-1-3-7-11/h1-3,6-7,10H,4-5,8-9H2/t10-/m0/s1. The smallest absolute Gasteiger partial charge is 0.207 e. The van der Waals surface area contributed by atoms with Crippen LogP contribution in [0.15, 0.2) is 35.2 Å². The lowest BCUT2D eigenvalue weighted by Gasteiger charge is -2.22. The Morgan fingerprint density at radius 2 is 2.00 bits per heavy atom. The van der Waals surface area contributed by atoms with Gasteiger partial charge in [0.2, 0.25) is 10.0 Å². The summed E-state index contributed by atoms with van der Waals surface area (Å²) in [4.78, 5) is 0.354. The maximum absolute atomic E-state index is 12.3. The first-order chi connectivity index (χ1) is 7.66. The van der Waals surface area contributed by atoms with Crippen LogP contribution in [0.25, 0.3) is 0 Å².